The van der Waals surface area contributed by atoms with Gasteiger partial charge >= 0.3 is 0 Å². The standard InChI is InChI=1S/C22H16FNO3/c1-12-9-13(2)21-18(10-12)20(25)17-8-7-16(11-19(17)27-21)24-22(26)14-3-5-15(23)6-4-14/h3-11H,1-2H3,(H,24,26). The van der Waals surface area contributed by atoms with Crippen LogP contribution in [0.5, 0.6) is 0 Å². The molecule has 4 rings (SSSR count). The number of hydrogen-bond acceptors (Lipinski definition) is 3. The summed E-state index contributed by atoms with van der Waals surface area (Å²) < 4.78 is 19.0. The number of anilines is 1. The van der Waals surface area contributed by atoms with Gasteiger partial charge in [0, 0.05) is 17.3 Å². The lowest BCUT2D eigenvalue weighted by Crippen LogP contribution is -2.12. The van der Waals surface area contributed by atoms with E-state index in [1.54, 1.807) is 18.2 Å². The number of carbonyl (C=O) groups is 1. The molecule has 0 spiro atoms. The van der Waals surface area contributed by atoms with E-state index < -0.39 is 5.82 Å². The molecule has 0 unspecified atom stereocenters. The Balaban J connectivity index is 1.78. The summed E-state index contributed by atoms with van der Waals surface area (Å²) in [7, 11) is 0. The van der Waals surface area contributed by atoms with Gasteiger partial charge in [-0.3, -0.25) is 9.59 Å². The van der Waals surface area contributed by atoms with Crippen LogP contribution in [0.25, 0.3) is 21.9 Å². The van der Waals surface area contributed by atoms with E-state index in [-0.39, 0.29) is 11.3 Å². The fraction of sp³-hybridized carbons (Fsp3) is 0.0909. The maximum atomic E-state index is 13.0. The lowest BCUT2D eigenvalue weighted by molar-refractivity contribution is 0.102. The SMILES string of the molecule is Cc1cc(C)c2oc3cc(NC(=O)c4ccc(F)cc4)ccc3c(=O)c2c1. The number of nitrogens with one attached hydrogen (secondary N) is 1. The van der Waals surface area contributed by atoms with Crippen LogP contribution in [0.4, 0.5) is 10.1 Å². The van der Waals surface area contributed by atoms with E-state index in [1.807, 2.05) is 26.0 Å². The second-order valence-corrected chi connectivity index (χ2v) is 6.56. The third-order valence-electron chi connectivity index (χ3n) is 4.47. The first kappa shape index (κ1) is 17.0. The van der Waals surface area contributed by atoms with Gasteiger partial charge in [-0.2, -0.15) is 0 Å². The Hall–Kier alpha value is -3.47. The Labute approximate surface area is 154 Å². The predicted octanol–water partition coefficient (Wildman–Crippen LogP) is 4.95. The number of rotatable bonds is 2. The third-order valence-corrected chi connectivity index (χ3v) is 4.47. The number of halogens is 1. The molecule has 1 aromatic heterocycles. The number of hydrogen-bond donors (Lipinski definition) is 1. The molecule has 4 aromatic rings. The summed E-state index contributed by atoms with van der Waals surface area (Å²) in [6.45, 7) is 3.83. The maximum absolute atomic E-state index is 13.0. The molecule has 1 N–H and O–H groups in total. The lowest BCUT2D eigenvalue weighted by Gasteiger charge is -2.08. The fourth-order valence-corrected chi connectivity index (χ4v) is 3.19. The van der Waals surface area contributed by atoms with Gasteiger partial charge in [0.1, 0.15) is 17.0 Å². The van der Waals surface area contributed by atoms with Gasteiger partial charge < -0.3 is 9.73 Å². The highest BCUT2D eigenvalue weighted by Gasteiger charge is 2.12. The molecule has 0 aliphatic carbocycles. The van der Waals surface area contributed by atoms with Crippen LogP contribution in [0.15, 0.2) is 63.8 Å². The topological polar surface area (TPSA) is 59.3 Å². The number of amides is 1. The number of carbonyl (C=O) groups excluding carboxylic acids is 1. The highest BCUT2D eigenvalue weighted by atomic mass is 19.1. The minimum Gasteiger partial charge on any atom is -0.455 e. The molecule has 0 saturated carbocycles. The van der Waals surface area contributed by atoms with E-state index >= 15 is 0 Å². The monoisotopic (exact) mass is 361 g/mol. The number of aryl methyl sites for hydroxylation is 2. The molecule has 0 aliphatic rings. The van der Waals surface area contributed by atoms with E-state index in [4.69, 9.17) is 4.42 Å². The zero-order valence-electron chi connectivity index (χ0n) is 14.8. The van der Waals surface area contributed by atoms with Gasteiger partial charge in [0.15, 0.2) is 0 Å². The Kier molecular flexibility index (Phi) is 4.00. The van der Waals surface area contributed by atoms with Crippen molar-refractivity contribution in [1.82, 2.24) is 0 Å². The Morgan fingerprint density at radius 3 is 2.44 bits per heavy atom. The van der Waals surface area contributed by atoms with Gasteiger partial charge in [-0.15, -0.1) is 0 Å². The van der Waals surface area contributed by atoms with Crippen LogP contribution < -0.4 is 10.7 Å². The molecule has 4 nitrogen and oxygen atoms in total. The quantitative estimate of drug-likeness (QED) is 0.514. The summed E-state index contributed by atoms with van der Waals surface area (Å²) in [5.41, 5.74) is 3.54. The molecule has 1 amide bonds. The minimum atomic E-state index is -0.406. The van der Waals surface area contributed by atoms with Crippen molar-refractivity contribution in [3.63, 3.8) is 0 Å². The van der Waals surface area contributed by atoms with Crippen molar-refractivity contribution in [2.24, 2.45) is 0 Å². The molecule has 0 radical (unpaired) electrons. The van der Waals surface area contributed by atoms with E-state index in [1.165, 1.54) is 24.3 Å². The second kappa shape index (κ2) is 6.36. The molecule has 0 bridgehead atoms. The average molecular weight is 361 g/mol. The molecule has 0 saturated heterocycles. The highest BCUT2D eigenvalue weighted by Crippen LogP contribution is 2.25. The second-order valence-electron chi connectivity index (χ2n) is 6.56. The van der Waals surface area contributed by atoms with Crippen molar-refractivity contribution in [2.75, 3.05) is 5.32 Å². The smallest absolute Gasteiger partial charge is 0.255 e. The Bertz CT molecular complexity index is 1260. The van der Waals surface area contributed by atoms with Gasteiger partial charge in [0.05, 0.1) is 10.8 Å². The molecule has 27 heavy (non-hydrogen) atoms. The zero-order valence-corrected chi connectivity index (χ0v) is 14.8. The summed E-state index contributed by atoms with van der Waals surface area (Å²) in [5.74, 6) is -0.777. The molecular formula is C22H16FNO3. The number of fused-ring (bicyclic) bond motifs is 2. The van der Waals surface area contributed by atoms with Crippen molar-refractivity contribution in [1.29, 1.82) is 0 Å². The van der Waals surface area contributed by atoms with Crippen LogP contribution in [-0.4, -0.2) is 5.91 Å². The van der Waals surface area contributed by atoms with Gasteiger partial charge in [0.25, 0.3) is 5.91 Å². The third kappa shape index (κ3) is 3.08. The normalized spacial score (nSPS) is 11.1. The molecular weight excluding hydrogens is 345 g/mol. The van der Waals surface area contributed by atoms with Gasteiger partial charge in [-0.25, -0.2) is 4.39 Å². The fourth-order valence-electron chi connectivity index (χ4n) is 3.19. The lowest BCUT2D eigenvalue weighted by atomic mass is 10.1. The molecule has 0 fully saturated rings. The van der Waals surface area contributed by atoms with Crippen LogP contribution >= 0.6 is 0 Å². The van der Waals surface area contributed by atoms with Crippen molar-refractivity contribution in [3.8, 4) is 0 Å². The van der Waals surface area contributed by atoms with Crippen LogP contribution in [0.1, 0.15) is 21.5 Å². The summed E-state index contributed by atoms with van der Waals surface area (Å²) in [4.78, 5) is 25.1. The molecule has 5 heteroatoms. The summed E-state index contributed by atoms with van der Waals surface area (Å²) in [6.07, 6.45) is 0. The van der Waals surface area contributed by atoms with Crippen LogP contribution in [0.3, 0.4) is 0 Å². The highest BCUT2D eigenvalue weighted by molar-refractivity contribution is 6.05. The van der Waals surface area contributed by atoms with E-state index in [2.05, 4.69) is 5.32 Å². The Morgan fingerprint density at radius 2 is 1.70 bits per heavy atom. The molecule has 134 valence electrons. The average Bonchev–Trinajstić information content (AvgIpc) is 2.63. The molecule has 1 heterocycles. The van der Waals surface area contributed by atoms with Gasteiger partial charge in [-0.1, -0.05) is 6.07 Å². The Morgan fingerprint density at radius 1 is 0.963 bits per heavy atom. The van der Waals surface area contributed by atoms with Crippen molar-refractivity contribution in [2.45, 2.75) is 13.8 Å². The van der Waals surface area contributed by atoms with Crippen molar-refractivity contribution in [3.05, 3.63) is 87.3 Å². The van der Waals surface area contributed by atoms with Gasteiger partial charge in [-0.05, 0) is 67.4 Å². The first-order valence-corrected chi connectivity index (χ1v) is 8.47. The summed E-state index contributed by atoms with van der Waals surface area (Å²) in [6, 6.07) is 14.0. The van der Waals surface area contributed by atoms with Crippen LogP contribution in [0, 0.1) is 19.7 Å². The van der Waals surface area contributed by atoms with Gasteiger partial charge in [0.2, 0.25) is 5.43 Å². The summed E-state index contributed by atoms with van der Waals surface area (Å²) in [5, 5.41) is 3.73. The van der Waals surface area contributed by atoms with E-state index in [0.29, 0.717) is 33.2 Å². The summed E-state index contributed by atoms with van der Waals surface area (Å²) >= 11 is 0. The molecule has 0 aliphatic heterocycles. The number of benzene rings is 3. The first-order chi connectivity index (χ1) is 12.9. The molecule has 3 aromatic carbocycles. The predicted molar refractivity (Wildman–Crippen MR) is 104 cm³/mol. The van der Waals surface area contributed by atoms with E-state index in [9.17, 15) is 14.0 Å². The largest absolute Gasteiger partial charge is 0.455 e. The van der Waals surface area contributed by atoms with Crippen LogP contribution in [0.2, 0.25) is 0 Å². The van der Waals surface area contributed by atoms with Crippen molar-refractivity contribution < 1.29 is 13.6 Å². The zero-order chi connectivity index (χ0) is 19.1. The minimum absolute atomic E-state index is 0.102. The van der Waals surface area contributed by atoms with E-state index in [0.717, 1.165) is 11.1 Å². The van der Waals surface area contributed by atoms with Crippen LogP contribution in [-0.2, 0) is 0 Å². The first-order valence-electron chi connectivity index (χ1n) is 8.47. The maximum Gasteiger partial charge on any atom is 0.255 e. The molecule has 0 atom stereocenters. The van der Waals surface area contributed by atoms with Crippen molar-refractivity contribution >= 4 is 33.5 Å².